The molecule has 2 rings (SSSR count). The third-order valence-electron chi connectivity index (χ3n) is 2.42. The molecule has 0 saturated carbocycles. The van der Waals surface area contributed by atoms with Gasteiger partial charge in [-0.05, 0) is 19.1 Å². The molecule has 1 aromatic carbocycles. The van der Waals surface area contributed by atoms with Crippen molar-refractivity contribution >= 4 is 32.3 Å². The molecule has 10 heteroatoms. The minimum Gasteiger partial charge on any atom is -0.295 e. The zero-order valence-corrected chi connectivity index (χ0v) is 12.2. The van der Waals surface area contributed by atoms with Crippen molar-refractivity contribution in [3.8, 4) is 0 Å². The predicted molar refractivity (Wildman–Crippen MR) is 72.1 cm³/mol. The number of benzene rings is 1. The first kappa shape index (κ1) is 15.4. The zero-order valence-electron chi connectivity index (χ0n) is 10.6. The lowest BCUT2D eigenvalue weighted by atomic mass is 10.2. The molecule has 6 nitrogen and oxygen atoms in total. The molecule has 21 heavy (non-hydrogen) atoms. The molecule has 0 radical (unpaired) electrons. The van der Waals surface area contributed by atoms with E-state index in [0.29, 0.717) is 16.9 Å². The molecule has 1 aromatic heterocycles. The van der Waals surface area contributed by atoms with Crippen molar-refractivity contribution in [1.29, 1.82) is 0 Å². The lowest BCUT2D eigenvalue weighted by molar-refractivity contribution is 0.101. The van der Waals surface area contributed by atoms with E-state index in [-0.39, 0.29) is 15.8 Å². The van der Waals surface area contributed by atoms with Gasteiger partial charge < -0.3 is 0 Å². The summed E-state index contributed by atoms with van der Waals surface area (Å²) >= 11 is 0.454. The van der Waals surface area contributed by atoms with Crippen LogP contribution in [0.15, 0.2) is 29.2 Å². The van der Waals surface area contributed by atoms with Crippen molar-refractivity contribution in [2.24, 2.45) is 0 Å². The summed E-state index contributed by atoms with van der Waals surface area (Å²) in [5.74, 6) is -0.197. The number of carbonyl (C=O) groups is 1. The van der Waals surface area contributed by atoms with Crippen LogP contribution in [0.2, 0.25) is 0 Å². The number of sulfonamides is 1. The van der Waals surface area contributed by atoms with Gasteiger partial charge >= 0.3 is 0 Å². The van der Waals surface area contributed by atoms with E-state index in [9.17, 15) is 22.0 Å². The van der Waals surface area contributed by atoms with Gasteiger partial charge in [-0.25, -0.2) is 17.2 Å². The summed E-state index contributed by atoms with van der Waals surface area (Å²) in [6.07, 6.45) is -2.81. The van der Waals surface area contributed by atoms with Gasteiger partial charge in [-0.15, -0.1) is 10.2 Å². The van der Waals surface area contributed by atoms with Crippen LogP contribution >= 0.6 is 11.3 Å². The number of nitrogens with one attached hydrogen (secondary N) is 1. The van der Waals surface area contributed by atoms with Gasteiger partial charge in [0.05, 0.1) is 4.90 Å². The van der Waals surface area contributed by atoms with Gasteiger partial charge in [-0.2, -0.15) is 0 Å². The van der Waals surface area contributed by atoms with E-state index in [2.05, 4.69) is 14.9 Å². The summed E-state index contributed by atoms with van der Waals surface area (Å²) in [6, 6.07) is 5.21. The summed E-state index contributed by atoms with van der Waals surface area (Å²) < 4.78 is 50.8. The Labute approximate surface area is 122 Å². The molecule has 0 fully saturated rings. The number of aromatic nitrogens is 2. The third-order valence-corrected chi connectivity index (χ3v) is 4.75. The van der Waals surface area contributed by atoms with Gasteiger partial charge in [0.1, 0.15) is 0 Å². The smallest absolute Gasteiger partial charge is 0.291 e. The Kier molecular flexibility index (Phi) is 4.28. The lowest BCUT2D eigenvalue weighted by Gasteiger charge is -2.05. The molecular weight excluding hydrogens is 324 g/mol. The van der Waals surface area contributed by atoms with Crippen molar-refractivity contribution < 1.29 is 22.0 Å². The number of anilines is 1. The first-order valence-corrected chi connectivity index (χ1v) is 7.85. The van der Waals surface area contributed by atoms with E-state index in [0.717, 1.165) is 0 Å². The molecule has 0 aliphatic rings. The van der Waals surface area contributed by atoms with Crippen LogP contribution in [0.5, 0.6) is 0 Å². The van der Waals surface area contributed by atoms with Crippen LogP contribution in [0.25, 0.3) is 0 Å². The Morgan fingerprint density at radius 2 is 1.86 bits per heavy atom. The monoisotopic (exact) mass is 333 g/mol. The Morgan fingerprint density at radius 1 is 1.24 bits per heavy atom. The molecule has 0 amide bonds. The molecule has 0 aliphatic carbocycles. The van der Waals surface area contributed by atoms with Crippen LogP contribution in [-0.4, -0.2) is 24.4 Å². The maximum atomic E-state index is 12.4. The Bertz CT molecular complexity index is 757. The maximum Gasteiger partial charge on any atom is 0.291 e. The van der Waals surface area contributed by atoms with Crippen LogP contribution in [0.4, 0.5) is 13.9 Å². The SMILES string of the molecule is CC(=O)c1ccc(S(=O)(=O)Nc2nnc(C(F)F)s2)cc1. The number of Topliss-reactive ketones (excluding diaryl/α,β-unsaturated/α-hetero) is 1. The predicted octanol–water partition coefficient (Wildman–Crippen LogP) is 2.48. The highest BCUT2D eigenvalue weighted by atomic mass is 32.2. The lowest BCUT2D eigenvalue weighted by Crippen LogP contribution is -2.13. The standard InChI is InChI=1S/C11H9F2N3O3S2/c1-6(17)7-2-4-8(5-3-7)21(18,19)16-11-15-14-10(20-11)9(12)13/h2-5,9H,1H3,(H,15,16). The zero-order chi connectivity index (χ0) is 15.6. The molecule has 0 saturated heterocycles. The maximum absolute atomic E-state index is 12.4. The van der Waals surface area contributed by atoms with Gasteiger partial charge in [-0.1, -0.05) is 23.5 Å². The van der Waals surface area contributed by atoms with E-state index in [1.165, 1.54) is 31.2 Å². The average Bonchev–Trinajstić information content (AvgIpc) is 2.87. The molecule has 0 bridgehead atoms. The number of alkyl halides is 2. The van der Waals surface area contributed by atoms with Gasteiger partial charge in [-0.3, -0.25) is 9.52 Å². The minimum absolute atomic E-state index is 0.110. The van der Waals surface area contributed by atoms with Gasteiger partial charge in [0, 0.05) is 5.56 Å². The molecule has 0 spiro atoms. The highest BCUT2D eigenvalue weighted by Crippen LogP contribution is 2.26. The van der Waals surface area contributed by atoms with Crippen molar-refractivity contribution in [3.05, 3.63) is 34.8 Å². The van der Waals surface area contributed by atoms with E-state index < -0.39 is 21.5 Å². The van der Waals surface area contributed by atoms with E-state index >= 15 is 0 Å². The Balaban J connectivity index is 2.22. The number of hydrogen-bond donors (Lipinski definition) is 1. The minimum atomic E-state index is -3.97. The topological polar surface area (TPSA) is 89.0 Å². The molecule has 2 aromatic rings. The van der Waals surface area contributed by atoms with Crippen molar-refractivity contribution in [2.45, 2.75) is 18.2 Å². The highest BCUT2D eigenvalue weighted by Gasteiger charge is 2.19. The second kappa shape index (κ2) is 5.82. The molecule has 1 heterocycles. The average molecular weight is 333 g/mol. The Hall–Kier alpha value is -1.94. The van der Waals surface area contributed by atoms with E-state index in [4.69, 9.17) is 0 Å². The number of halogens is 2. The summed E-state index contributed by atoms with van der Waals surface area (Å²) in [5.41, 5.74) is 0.366. The number of rotatable bonds is 5. The summed E-state index contributed by atoms with van der Waals surface area (Å²) in [6.45, 7) is 1.36. The number of ketones is 1. The van der Waals surface area contributed by atoms with E-state index in [1.54, 1.807) is 0 Å². The number of carbonyl (C=O) groups excluding carboxylic acids is 1. The summed E-state index contributed by atoms with van der Waals surface area (Å²) in [5, 5.41) is 5.70. The summed E-state index contributed by atoms with van der Waals surface area (Å²) in [7, 11) is -3.97. The molecule has 0 unspecified atom stereocenters. The van der Waals surface area contributed by atoms with Gasteiger partial charge in [0.15, 0.2) is 10.8 Å². The molecular formula is C11H9F2N3O3S2. The van der Waals surface area contributed by atoms with Crippen LogP contribution in [0.1, 0.15) is 28.7 Å². The van der Waals surface area contributed by atoms with E-state index in [1.807, 2.05) is 0 Å². The first-order valence-electron chi connectivity index (χ1n) is 5.55. The van der Waals surface area contributed by atoms with Crippen LogP contribution in [0.3, 0.4) is 0 Å². The third kappa shape index (κ3) is 3.58. The second-order valence-electron chi connectivity index (χ2n) is 3.93. The van der Waals surface area contributed by atoms with Crippen LogP contribution < -0.4 is 4.72 Å². The first-order chi connectivity index (χ1) is 9.79. The fraction of sp³-hybridized carbons (Fsp3) is 0.182. The number of hydrogen-bond acceptors (Lipinski definition) is 6. The Morgan fingerprint density at radius 3 is 2.33 bits per heavy atom. The van der Waals surface area contributed by atoms with Crippen molar-refractivity contribution in [3.63, 3.8) is 0 Å². The quantitative estimate of drug-likeness (QED) is 0.849. The van der Waals surface area contributed by atoms with Gasteiger partial charge in [0.2, 0.25) is 5.13 Å². The van der Waals surface area contributed by atoms with Crippen molar-refractivity contribution in [2.75, 3.05) is 4.72 Å². The highest BCUT2D eigenvalue weighted by molar-refractivity contribution is 7.93. The van der Waals surface area contributed by atoms with Crippen molar-refractivity contribution in [1.82, 2.24) is 10.2 Å². The van der Waals surface area contributed by atoms with Crippen LogP contribution in [-0.2, 0) is 10.0 Å². The second-order valence-corrected chi connectivity index (χ2v) is 6.62. The molecule has 1 N–H and O–H groups in total. The fourth-order valence-corrected chi connectivity index (χ4v) is 3.24. The van der Waals surface area contributed by atoms with Crippen LogP contribution in [0, 0.1) is 0 Å². The normalized spacial score (nSPS) is 11.6. The van der Waals surface area contributed by atoms with Gasteiger partial charge in [0.25, 0.3) is 16.4 Å². The molecule has 112 valence electrons. The summed E-state index contributed by atoms with van der Waals surface area (Å²) in [4.78, 5) is 11.0. The molecule has 0 aliphatic heterocycles. The molecule has 0 atom stereocenters. The fourth-order valence-electron chi connectivity index (χ4n) is 1.41. The largest absolute Gasteiger partial charge is 0.295 e. The number of nitrogens with zero attached hydrogens (tertiary/aromatic N) is 2.